The van der Waals surface area contributed by atoms with Gasteiger partial charge in [-0.2, -0.15) is 0 Å². The molecule has 26 heavy (non-hydrogen) atoms. The maximum atomic E-state index is 4.37. The van der Waals surface area contributed by atoms with Gasteiger partial charge in [-0.25, -0.2) is 0 Å². The minimum atomic E-state index is 0. The first-order valence-corrected chi connectivity index (χ1v) is 10.6. The molecule has 0 aliphatic carbocycles. The summed E-state index contributed by atoms with van der Waals surface area (Å²) in [6, 6.07) is 0. The van der Waals surface area contributed by atoms with E-state index in [2.05, 4.69) is 64.3 Å². The van der Waals surface area contributed by atoms with Crippen molar-refractivity contribution in [3.63, 3.8) is 0 Å². The van der Waals surface area contributed by atoms with Crippen molar-refractivity contribution in [3.05, 3.63) is 5.82 Å². The van der Waals surface area contributed by atoms with E-state index in [-0.39, 0.29) is 24.0 Å². The lowest BCUT2D eigenvalue weighted by Crippen LogP contribution is -2.38. The number of halogens is 1. The molecule has 1 heterocycles. The van der Waals surface area contributed by atoms with E-state index in [9.17, 15) is 0 Å². The van der Waals surface area contributed by atoms with Crippen LogP contribution >= 0.6 is 35.7 Å². The Morgan fingerprint density at radius 2 is 1.73 bits per heavy atom. The number of aromatic nitrogens is 3. The summed E-state index contributed by atoms with van der Waals surface area (Å²) in [6.07, 6.45) is 6.41. The quantitative estimate of drug-likeness (QED) is 0.160. The zero-order valence-electron chi connectivity index (χ0n) is 17.2. The van der Waals surface area contributed by atoms with Gasteiger partial charge in [-0.3, -0.25) is 4.99 Å². The van der Waals surface area contributed by atoms with Gasteiger partial charge in [0.1, 0.15) is 5.82 Å². The van der Waals surface area contributed by atoms with Gasteiger partial charge in [0.05, 0.1) is 0 Å². The Labute approximate surface area is 180 Å². The summed E-state index contributed by atoms with van der Waals surface area (Å²) in [5.41, 5.74) is 0. The molecule has 8 heteroatoms. The maximum Gasteiger partial charge on any atom is 0.190 e. The summed E-state index contributed by atoms with van der Waals surface area (Å²) in [5, 5.41) is 16.4. The molecule has 0 aromatic carbocycles. The van der Waals surface area contributed by atoms with Gasteiger partial charge in [-0.05, 0) is 37.4 Å². The monoisotopic (exact) mass is 496 g/mol. The topological polar surface area (TPSA) is 67.1 Å². The molecule has 0 radical (unpaired) electrons. The number of thioether (sulfide) groups is 1. The van der Waals surface area contributed by atoms with Crippen LogP contribution in [0.15, 0.2) is 10.1 Å². The average molecular weight is 497 g/mol. The van der Waals surface area contributed by atoms with Crippen molar-refractivity contribution in [2.45, 2.75) is 65.1 Å². The van der Waals surface area contributed by atoms with Crippen LogP contribution in [0.2, 0.25) is 0 Å². The van der Waals surface area contributed by atoms with E-state index < -0.39 is 0 Å². The molecule has 0 aliphatic heterocycles. The zero-order chi connectivity index (χ0) is 18.7. The highest BCUT2D eigenvalue weighted by atomic mass is 127. The highest BCUT2D eigenvalue weighted by Gasteiger charge is 2.12. The Morgan fingerprint density at radius 1 is 1.08 bits per heavy atom. The summed E-state index contributed by atoms with van der Waals surface area (Å²) in [6.45, 7) is 11.8. The predicted molar refractivity (Wildman–Crippen MR) is 124 cm³/mol. The van der Waals surface area contributed by atoms with Crippen molar-refractivity contribution in [2.24, 2.45) is 16.8 Å². The molecule has 2 N–H and O–H groups in total. The Balaban J connectivity index is 0.00000625. The Hall–Kier alpha value is -0.510. The van der Waals surface area contributed by atoms with E-state index in [0.29, 0.717) is 5.92 Å². The fraction of sp³-hybridized carbons (Fsp3) is 0.833. The second kappa shape index (κ2) is 14.5. The first kappa shape index (κ1) is 25.5. The molecular formula is C18H37IN6S. The van der Waals surface area contributed by atoms with Gasteiger partial charge in [-0.1, -0.05) is 39.5 Å². The Morgan fingerprint density at radius 3 is 2.27 bits per heavy atom. The molecule has 0 bridgehead atoms. The molecule has 0 fully saturated rings. The van der Waals surface area contributed by atoms with Crippen molar-refractivity contribution < 1.29 is 0 Å². The number of hydrogen-bond acceptors (Lipinski definition) is 4. The van der Waals surface area contributed by atoms with Crippen LogP contribution in [0.3, 0.4) is 0 Å². The van der Waals surface area contributed by atoms with Crippen LogP contribution in [-0.4, -0.2) is 47.1 Å². The third-order valence-electron chi connectivity index (χ3n) is 3.87. The number of nitrogens with one attached hydrogen (secondary N) is 2. The lowest BCUT2D eigenvalue weighted by atomic mass is 10.1. The number of rotatable bonds is 11. The number of aryl methyl sites for hydroxylation is 1. The normalized spacial score (nSPS) is 11.8. The van der Waals surface area contributed by atoms with E-state index in [0.717, 1.165) is 55.3 Å². The first-order valence-electron chi connectivity index (χ1n) is 9.38. The molecule has 1 aromatic rings. The van der Waals surface area contributed by atoms with Crippen LogP contribution < -0.4 is 10.6 Å². The van der Waals surface area contributed by atoms with Crippen LogP contribution in [0.1, 0.15) is 52.8 Å². The standard InChI is InChI=1S/C18H36N6S.HI/c1-14(2)9-7-11-20-17(19-5)21-12-8-10-16-22-23-18(25-6)24(16)13-15(3)4;/h14-15H,7-13H2,1-6H3,(H2,19,20,21);1H. The summed E-state index contributed by atoms with van der Waals surface area (Å²) >= 11 is 1.66. The highest BCUT2D eigenvalue weighted by molar-refractivity contribution is 14.0. The molecule has 6 nitrogen and oxygen atoms in total. The van der Waals surface area contributed by atoms with Crippen LogP contribution in [0, 0.1) is 11.8 Å². The summed E-state index contributed by atoms with van der Waals surface area (Å²) < 4.78 is 2.26. The molecule has 0 aliphatic rings. The van der Waals surface area contributed by atoms with Gasteiger partial charge in [0.2, 0.25) is 0 Å². The average Bonchev–Trinajstić information content (AvgIpc) is 2.94. The molecule has 0 unspecified atom stereocenters. The van der Waals surface area contributed by atoms with Crippen molar-refractivity contribution in [1.29, 1.82) is 0 Å². The number of aliphatic imine (C=N–C) groups is 1. The van der Waals surface area contributed by atoms with Crippen LogP contribution in [0.25, 0.3) is 0 Å². The molecule has 0 spiro atoms. The van der Waals surface area contributed by atoms with Gasteiger partial charge in [-0.15, -0.1) is 34.2 Å². The SMILES string of the molecule is CN=C(NCCCc1nnc(SC)n1CC(C)C)NCCCC(C)C.I. The Bertz CT molecular complexity index is 516. The Kier molecular flexibility index (Phi) is 14.3. The molecule has 1 rings (SSSR count). The fourth-order valence-electron chi connectivity index (χ4n) is 2.59. The van der Waals surface area contributed by atoms with Crippen LogP contribution in [-0.2, 0) is 13.0 Å². The zero-order valence-corrected chi connectivity index (χ0v) is 20.4. The van der Waals surface area contributed by atoms with Gasteiger partial charge in [0.15, 0.2) is 11.1 Å². The molecule has 0 saturated carbocycles. The van der Waals surface area contributed by atoms with E-state index in [4.69, 9.17) is 0 Å². The number of nitrogens with zero attached hydrogens (tertiary/aromatic N) is 4. The fourth-order valence-corrected chi connectivity index (χ4v) is 3.12. The molecule has 0 atom stereocenters. The smallest absolute Gasteiger partial charge is 0.190 e. The number of guanidine groups is 1. The molecule has 1 aromatic heterocycles. The van der Waals surface area contributed by atoms with E-state index >= 15 is 0 Å². The lowest BCUT2D eigenvalue weighted by Gasteiger charge is -2.13. The lowest BCUT2D eigenvalue weighted by molar-refractivity contribution is 0.477. The summed E-state index contributed by atoms with van der Waals surface area (Å²) in [4.78, 5) is 4.28. The first-order chi connectivity index (χ1) is 12.0. The summed E-state index contributed by atoms with van der Waals surface area (Å²) in [7, 11) is 1.82. The van der Waals surface area contributed by atoms with Gasteiger partial charge in [0, 0.05) is 33.1 Å². The van der Waals surface area contributed by atoms with Gasteiger partial charge >= 0.3 is 0 Å². The molecular weight excluding hydrogens is 459 g/mol. The molecule has 152 valence electrons. The van der Waals surface area contributed by atoms with E-state index in [1.165, 1.54) is 12.8 Å². The third kappa shape index (κ3) is 9.99. The highest BCUT2D eigenvalue weighted by Crippen LogP contribution is 2.16. The third-order valence-corrected chi connectivity index (χ3v) is 4.53. The van der Waals surface area contributed by atoms with E-state index in [1.807, 2.05) is 7.05 Å². The maximum absolute atomic E-state index is 4.37. The minimum Gasteiger partial charge on any atom is -0.356 e. The predicted octanol–water partition coefficient (Wildman–Crippen LogP) is 3.81. The molecule has 0 saturated heterocycles. The van der Waals surface area contributed by atoms with Crippen molar-refractivity contribution in [3.8, 4) is 0 Å². The largest absolute Gasteiger partial charge is 0.356 e. The number of hydrogen-bond donors (Lipinski definition) is 2. The van der Waals surface area contributed by atoms with Crippen molar-refractivity contribution in [2.75, 3.05) is 26.4 Å². The van der Waals surface area contributed by atoms with Gasteiger partial charge in [0.25, 0.3) is 0 Å². The van der Waals surface area contributed by atoms with E-state index in [1.54, 1.807) is 11.8 Å². The van der Waals surface area contributed by atoms with Crippen LogP contribution in [0.4, 0.5) is 0 Å². The molecule has 0 amide bonds. The van der Waals surface area contributed by atoms with Crippen molar-refractivity contribution in [1.82, 2.24) is 25.4 Å². The second-order valence-electron chi connectivity index (χ2n) is 7.17. The van der Waals surface area contributed by atoms with Crippen LogP contribution in [0.5, 0.6) is 0 Å². The van der Waals surface area contributed by atoms with Crippen molar-refractivity contribution >= 4 is 41.7 Å². The summed E-state index contributed by atoms with van der Waals surface area (Å²) in [5.74, 6) is 3.32. The van der Waals surface area contributed by atoms with Gasteiger partial charge < -0.3 is 15.2 Å². The second-order valence-corrected chi connectivity index (χ2v) is 7.95. The minimum absolute atomic E-state index is 0.